The fraction of sp³-hybridized carbons (Fsp3) is 0.500. The second-order valence-corrected chi connectivity index (χ2v) is 2.12. The van der Waals surface area contributed by atoms with Gasteiger partial charge in [-0.3, -0.25) is 0 Å². The zero-order chi connectivity index (χ0) is 6.69. The van der Waals surface area contributed by atoms with Gasteiger partial charge in [0.15, 0.2) is 0 Å². The molecule has 0 fully saturated rings. The number of hydrogen-bond acceptors (Lipinski definition) is 0. The molecule has 0 spiro atoms. The van der Waals surface area contributed by atoms with E-state index in [-0.39, 0.29) is 19.5 Å². The van der Waals surface area contributed by atoms with Crippen LogP contribution in [-0.4, -0.2) is 4.98 Å². The van der Waals surface area contributed by atoms with Crippen molar-refractivity contribution in [3.63, 3.8) is 0 Å². The molecule has 1 aromatic rings. The first-order valence-corrected chi connectivity index (χ1v) is 3.45. The molecular formula is C8H12NRu. The van der Waals surface area contributed by atoms with E-state index in [0.29, 0.717) is 0 Å². The maximum absolute atomic E-state index is 3.08. The van der Waals surface area contributed by atoms with Gasteiger partial charge in [-0.1, -0.05) is 26.7 Å². The van der Waals surface area contributed by atoms with Crippen molar-refractivity contribution in [2.75, 3.05) is 0 Å². The van der Waals surface area contributed by atoms with Crippen LogP contribution in [0.2, 0.25) is 0 Å². The molecule has 1 N–H and O–H groups in total. The van der Waals surface area contributed by atoms with Crippen LogP contribution in [0.5, 0.6) is 0 Å². The van der Waals surface area contributed by atoms with E-state index >= 15 is 0 Å². The fourth-order valence-corrected chi connectivity index (χ4v) is 1.01. The largest absolute Gasteiger partial charge is 1.00 e. The molecule has 0 saturated carbocycles. The Kier molecular flexibility index (Phi) is 4.63. The molecule has 0 amide bonds. The number of aryl methyl sites for hydroxylation is 2. The molecule has 1 rings (SSSR count). The van der Waals surface area contributed by atoms with E-state index in [1.54, 1.807) is 0 Å². The van der Waals surface area contributed by atoms with E-state index in [9.17, 15) is 0 Å². The van der Waals surface area contributed by atoms with Gasteiger partial charge in [0.1, 0.15) is 0 Å². The Hall–Kier alpha value is -0.0966. The number of H-pyrrole nitrogens is 1. The van der Waals surface area contributed by atoms with Gasteiger partial charge in [0.05, 0.1) is 0 Å². The van der Waals surface area contributed by atoms with Gasteiger partial charge in [-0.25, -0.2) is 0 Å². The number of rotatable bonds is 2. The zero-order valence-corrected chi connectivity index (χ0v) is 8.08. The Morgan fingerprint density at radius 1 is 1.40 bits per heavy atom. The maximum atomic E-state index is 3.08. The summed E-state index contributed by atoms with van der Waals surface area (Å²) in [4.78, 5) is 2.98. The molecule has 1 radical (unpaired) electrons. The summed E-state index contributed by atoms with van der Waals surface area (Å²) >= 11 is 0. The first kappa shape index (κ1) is 9.90. The van der Waals surface area contributed by atoms with Crippen LogP contribution in [0.25, 0.3) is 0 Å². The average molecular weight is 223 g/mol. The summed E-state index contributed by atoms with van der Waals surface area (Å²) in [7, 11) is 0. The predicted octanol–water partition coefficient (Wildman–Crippen LogP) is 1.94. The molecule has 1 heterocycles. The van der Waals surface area contributed by atoms with Crippen LogP contribution >= 0.6 is 0 Å². The van der Waals surface area contributed by atoms with E-state index < -0.39 is 0 Å². The third-order valence-electron chi connectivity index (χ3n) is 1.59. The average Bonchev–Trinajstić information content (AvgIpc) is 2.33. The summed E-state index contributed by atoms with van der Waals surface area (Å²) in [5, 5.41) is 0. The van der Waals surface area contributed by atoms with Crippen LogP contribution in [0.1, 0.15) is 25.0 Å². The Morgan fingerprint density at radius 2 is 2.10 bits per heavy atom. The van der Waals surface area contributed by atoms with Crippen molar-refractivity contribution in [1.82, 2.24) is 4.98 Å². The van der Waals surface area contributed by atoms with Gasteiger partial charge in [-0.05, 0) is 0 Å². The smallest absolute Gasteiger partial charge is 0.484 e. The standard InChI is InChI=1S/C8H12N.Ru/c1-3-7-5-9-6-8(7)4-2;/h5,9H,3-4H2,1-2H3;/q-1;+1. The van der Waals surface area contributed by atoms with Gasteiger partial charge in [0.2, 0.25) is 0 Å². The normalized spacial score (nSPS) is 9.00. The molecule has 10 heavy (non-hydrogen) atoms. The summed E-state index contributed by atoms with van der Waals surface area (Å²) < 4.78 is 0. The van der Waals surface area contributed by atoms with E-state index in [4.69, 9.17) is 0 Å². The molecule has 0 aliphatic heterocycles. The van der Waals surface area contributed by atoms with Crippen LogP contribution in [0.3, 0.4) is 0 Å². The van der Waals surface area contributed by atoms with Crippen molar-refractivity contribution in [2.24, 2.45) is 0 Å². The molecule has 1 aromatic heterocycles. The second kappa shape index (κ2) is 4.68. The van der Waals surface area contributed by atoms with Gasteiger partial charge in [0, 0.05) is 0 Å². The molecule has 0 aromatic carbocycles. The summed E-state index contributed by atoms with van der Waals surface area (Å²) in [6.07, 6.45) is 7.31. The van der Waals surface area contributed by atoms with Crippen molar-refractivity contribution >= 4 is 0 Å². The van der Waals surface area contributed by atoms with E-state index in [0.717, 1.165) is 12.8 Å². The van der Waals surface area contributed by atoms with Crippen molar-refractivity contribution in [3.05, 3.63) is 23.5 Å². The molecule has 1 nitrogen and oxygen atoms in total. The first-order chi connectivity index (χ1) is 4.38. The number of hydrogen-bond donors (Lipinski definition) is 1. The van der Waals surface area contributed by atoms with E-state index in [2.05, 4.69) is 25.0 Å². The Morgan fingerprint density at radius 3 is 2.50 bits per heavy atom. The van der Waals surface area contributed by atoms with Crippen molar-refractivity contribution in [2.45, 2.75) is 26.7 Å². The van der Waals surface area contributed by atoms with E-state index in [1.165, 1.54) is 11.1 Å². The van der Waals surface area contributed by atoms with Crippen molar-refractivity contribution in [1.29, 1.82) is 0 Å². The minimum Gasteiger partial charge on any atom is -0.484 e. The third-order valence-corrected chi connectivity index (χ3v) is 1.59. The predicted molar refractivity (Wildman–Crippen MR) is 38.4 cm³/mol. The number of nitrogens with one attached hydrogen (secondary N) is 1. The molecule has 0 aliphatic carbocycles. The molecule has 2 heteroatoms. The fourth-order valence-electron chi connectivity index (χ4n) is 1.01. The van der Waals surface area contributed by atoms with Gasteiger partial charge in [-0.2, -0.15) is 11.1 Å². The summed E-state index contributed by atoms with van der Waals surface area (Å²) in [5.41, 5.74) is 2.73. The van der Waals surface area contributed by atoms with Gasteiger partial charge in [0.25, 0.3) is 0 Å². The molecule has 57 valence electrons. The van der Waals surface area contributed by atoms with Gasteiger partial charge in [-0.15, -0.1) is 12.4 Å². The minimum atomic E-state index is 0. The Balaban J connectivity index is 0.000000810. The zero-order valence-electron chi connectivity index (χ0n) is 6.35. The molecule has 0 unspecified atom stereocenters. The molecule has 0 saturated heterocycles. The number of aromatic amines is 1. The van der Waals surface area contributed by atoms with Crippen molar-refractivity contribution in [3.8, 4) is 0 Å². The SMILES string of the molecule is CCc1[c-][nH]cc1CC.[Ru+]. The number of aromatic nitrogens is 1. The van der Waals surface area contributed by atoms with Crippen LogP contribution in [0, 0.1) is 6.20 Å². The molecular weight excluding hydrogens is 211 g/mol. The van der Waals surface area contributed by atoms with Crippen LogP contribution in [0.15, 0.2) is 6.20 Å². The molecule has 0 bridgehead atoms. The first-order valence-electron chi connectivity index (χ1n) is 3.45. The maximum Gasteiger partial charge on any atom is 1.00 e. The molecule has 0 aliphatic rings. The Bertz CT molecular complexity index is 163. The molecule has 0 atom stereocenters. The quantitative estimate of drug-likeness (QED) is 0.582. The summed E-state index contributed by atoms with van der Waals surface area (Å²) in [6.45, 7) is 4.31. The van der Waals surface area contributed by atoms with Gasteiger partial charge >= 0.3 is 19.5 Å². The van der Waals surface area contributed by atoms with Gasteiger partial charge < -0.3 is 4.98 Å². The van der Waals surface area contributed by atoms with E-state index in [1.807, 2.05) is 6.20 Å². The van der Waals surface area contributed by atoms with Crippen LogP contribution < -0.4 is 0 Å². The minimum absolute atomic E-state index is 0. The van der Waals surface area contributed by atoms with Crippen molar-refractivity contribution < 1.29 is 19.5 Å². The topological polar surface area (TPSA) is 15.8 Å². The monoisotopic (exact) mass is 224 g/mol. The third kappa shape index (κ3) is 1.95. The van der Waals surface area contributed by atoms with Crippen LogP contribution in [-0.2, 0) is 32.3 Å². The second-order valence-electron chi connectivity index (χ2n) is 2.12. The summed E-state index contributed by atoms with van der Waals surface area (Å²) in [6, 6.07) is 0. The van der Waals surface area contributed by atoms with Crippen LogP contribution in [0.4, 0.5) is 0 Å². The summed E-state index contributed by atoms with van der Waals surface area (Å²) in [5.74, 6) is 0. The Labute approximate surface area is 75.0 Å².